The van der Waals surface area contributed by atoms with E-state index >= 15 is 0 Å². The zero-order chi connectivity index (χ0) is 15.7. The van der Waals surface area contributed by atoms with Crippen molar-refractivity contribution < 1.29 is 14.3 Å². The molecule has 3 rings (SSSR count). The van der Waals surface area contributed by atoms with Crippen molar-refractivity contribution in [2.75, 3.05) is 20.8 Å². The lowest BCUT2D eigenvalue weighted by molar-refractivity contribution is 0.0731. The van der Waals surface area contributed by atoms with E-state index < -0.39 is 0 Å². The third kappa shape index (κ3) is 2.45. The summed E-state index contributed by atoms with van der Waals surface area (Å²) in [5.41, 5.74) is 1.88. The number of methoxy groups -OCH3 is 2. The quantitative estimate of drug-likeness (QED) is 0.882. The SMILES string of the molecule is COc1cc(OC)cc(C(=O)N2CCc3c([nH][nH]c3=O)C2)c1. The van der Waals surface area contributed by atoms with Crippen molar-refractivity contribution in [3.05, 3.63) is 45.4 Å². The number of benzene rings is 1. The van der Waals surface area contributed by atoms with Crippen LogP contribution in [-0.2, 0) is 13.0 Å². The van der Waals surface area contributed by atoms with Crippen LogP contribution in [0, 0.1) is 0 Å². The molecule has 1 aliphatic heterocycles. The smallest absolute Gasteiger partial charge is 0.267 e. The largest absolute Gasteiger partial charge is 0.497 e. The molecule has 0 bridgehead atoms. The summed E-state index contributed by atoms with van der Waals surface area (Å²) in [4.78, 5) is 25.9. The number of ether oxygens (including phenoxy) is 2. The lowest BCUT2D eigenvalue weighted by atomic mass is 10.1. The zero-order valence-corrected chi connectivity index (χ0v) is 12.4. The molecule has 0 radical (unpaired) electrons. The third-order valence-electron chi connectivity index (χ3n) is 3.83. The molecule has 1 aliphatic rings. The van der Waals surface area contributed by atoms with Crippen LogP contribution in [-0.4, -0.2) is 41.8 Å². The maximum absolute atomic E-state index is 12.7. The minimum Gasteiger partial charge on any atom is -0.497 e. The zero-order valence-electron chi connectivity index (χ0n) is 12.4. The summed E-state index contributed by atoms with van der Waals surface area (Å²) >= 11 is 0. The van der Waals surface area contributed by atoms with Gasteiger partial charge < -0.3 is 19.5 Å². The number of rotatable bonds is 3. The minimum absolute atomic E-state index is 0.106. The molecule has 1 amide bonds. The van der Waals surface area contributed by atoms with Crippen molar-refractivity contribution in [2.24, 2.45) is 0 Å². The summed E-state index contributed by atoms with van der Waals surface area (Å²) in [5.74, 6) is 1.01. The highest BCUT2D eigenvalue weighted by atomic mass is 16.5. The van der Waals surface area contributed by atoms with Crippen LogP contribution in [0.1, 0.15) is 21.6 Å². The summed E-state index contributed by atoms with van der Waals surface area (Å²) in [6, 6.07) is 5.08. The number of H-pyrrole nitrogens is 2. The molecule has 0 aliphatic carbocycles. The molecule has 0 spiro atoms. The molecular weight excluding hydrogens is 286 g/mol. The monoisotopic (exact) mass is 303 g/mol. The van der Waals surface area contributed by atoms with E-state index in [0.717, 1.165) is 11.3 Å². The van der Waals surface area contributed by atoms with Crippen molar-refractivity contribution in [3.63, 3.8) is 0 Å². The Morgan fingerprint density at radius 3 is 2.45 bits per heavy atom. The van der Waals surface area contributed by atoms with Crippen LogP contribution in [0.25, 0.3) is 0 Å². The van der Waals surface area contributed by atoms with Crippen molar-refractivity contribution in [1.82, 2.24) is 15.1 Å². The predicted octanol–water partition coefficient (Wildman–Crippen LogP) is 0.919. The van der Waals surface area contributed by atoms with Crippen LogP contribution in [0.5, 0.6) is 11.5 Å². The van der Waals surface area contributed by atoms with Gasteiger partial charge in [0.1, 0.15) is 11.5 Å². The number of aromatic nitrogens is 2. The van der Waals surface area contributed by atoms with Crippen molar-refractivity contribution >= 4 is 5.91 Å². The molecule has 0 atom stereocenters. The van der Waals surface area contributed by atoms with E-state index in [4.69, 9.17) is 9.47 Å². The Hall–Kier alpha value is -2.70. The Labute approximate surface area is 126 Å². The molecule has 116 valence electrons. The molecule has 0 saturated heterocycles. The van der Waals surface area contributed by atoms with E-state index in [-0.39, 0.29) is 11.5 Å². The van der Waals surface area contributed by atoms with Gasteiger partial charge in [-0.2, -0.15) is 0 Å². The van der Waals surface area contributed by atoms with Crippen LogP contribution in [0.15, 0.2) is 23.0 Å². The fraction of sp³-hybridized carbons (Fsp3) is 0.333. The Balaban J connectivity index is 1.87. The van der Waals surface area contributed by atoms with Crippen LogP contribution in [0.2, 0.25) is 0 Å². The van der Waals surface area contributed by atoms with Gasteiger partial charge in [0.15, 0.2) is 0 Å². The van der Waals surface area contributed by atoms with Crippen molar-refractivity contribution in [3.8, 4) is 11.5 Å². The number of carbonyl (C=O) groups is 1. The van der Waals surface area contributed by atoms with Gasteiger partial charge in [-0.1, -0.05) is 0 Å². The lowest BCUT2D eigenvalue weighted by Crippen LogP contribution is -2.36. The highest BCUT2D eigenvalue weighted by Gasteiger charge is 2.25. The van der Waals surface area contributed by atoms with Gasteiger partial charge >= 0.3 is 0 Å². The van der Waals surface area contributed by atoms with Crippen LogP contribution in [0.3, 0.4) is 0 Å². The van der Waals surface area contributed by atoms with E-state index in [1.165, 1.54) is 0 Å². The molecule has 0 saturated carbocycles. The average Bonchev–Trinajstić information content (AvgIpc) is 2.94. The summed E-state index contributed by atoms with van der Waals surface area (Å²) < 4.78 is 10.4. The van der Waals surface area contributed by atoms with E-state index in [0.29, 0.717) is 36.6 Å². The molecule has 1 aromatic heterocycles. The Kier molecular flexibility index (Phi) is 3.62. The van der Waals surface area contributed by atoms with E-state index in [2.05, 4.69) is 10.2 Å². The lowest BCUT2D eigenvalue weighted by Gasteiger charge is -2.26. The first kappa shape index (κ1) is 14.2. The molecule has 2 heterocycles. The topological polar surface area (TPSA) is 87.4 Å². The van der Waals surface area contributed by atoms with Crippen LogP contribution in [0.4, 0.5) is 0 Å². The maximum atomic E-state index is 12.7. The summed E-state index contributed by atoms with van der Waals surface area (Å²) in [7, 11) is 3.08. The van der Waals surface area contributed by atoms with Crippen LogP contribution >= 0.6 is 0 Å². The Morgan fingerprint density at radius 1 is 1.14 bits per heavy atom. The number of aromatic amines is 2. The number of nitrogens with one attached hydrogen (secondary N) is 2. The number of hydrogen-bond donors (Lipinski definition) is 2. The fourth-order valence-electron chi connectivity index (χ4n) is 2.62. The Bertz CT molecular complexity index is 740. The van der Waals surface area contributed by atoms with Gasteiger partial charge in [-0.05, 0) is 18.6 Å². The Morgan fingerprint density at radius 2 is 1.82 bits per heavy atom. The minimum atomic E-state index is -0.120. The molecule has 0 unspecified atom stereocenters. The number of nitrogens with zero attached hydrogens (tertiary/aromatic N) is 1. The second-order valence-corrected chi connectivity index (χ2v) is 5.11. The van der Waals surface area contributed by atoms with Gasteiger partial charge in [0.25, 0.3) is 11.5 Å². The average molecular weight is 303 g/mol. The molecule has 7 heteroatoms. The summed E-state index contributed by atoms with van der Waals surface area (Å²) in [5, 5.41) is 5.38. The highest BCUT2D eigenvalue weighted by molar-refractivity contribution is 5.95. The number of amides is 1. The second-order valence-electron chi connectivity index (χ2n) is 5.11. The molecule has 22 heavy (non-hydrogen) atoms. The molecule has 1 aromatic carbocycles. The van der Waals surface area contributed by atoms with Crippen molar-refractivity contribution in [2.45, 2.75) is 13.0 Å². The van der Waals surface area contributed by atoms with E-state index in [9.17, 15) is 9.59 Å². The van der Waals surface area contributed by atoms with Gasteiger partial charge in [-0.25, -0.2) is 0 Å². The molecular formula is C15H17N3O4. The first-order valence-corrected chi connectivity index (χ1v) is 6.93. The number of hydrogen-bond acceptors (Lipinski definition) is 4. The van der Waals surface area contributed by atoms with Gasteiger partial charge in [0.2, 0.25) is 0 Å². The summed E-state index contributed by atoms with van der Waals surface area (Å²) in [6.07, 6.45) is 0.543. The van der Waals surface area contributed by atoms with E-state index in [1.54, 1.807) is 37.3 Å². The number of fused-ring (bicyclic) bond motifs is 1. The summed E-state index contributed by atoms with van der Waals surface area (Å²) in [6.45, 7) is 0.888. The van der Waals surface area contributed by atoms with Gasteiger partial charge in [0, 0.05) is 23.7 Å². The molecule has 7 nitrogen and oxygen atoms in total. The highest BCUT2D eigenvalue weighted by Crippen LogP contribution is 2.24. The number of carbonyl (C=O) groups excluding carboxylic acids is 1. The van der Waals surface area contributed by atoms with Gasteiger partial charge in [-0.3, -0.25) is 14.7 Å². The van der Waals surface area contributed by atoms with E-state index in [1.807, 2.05) is 0 Å². The predicted molar refractivity (Wildman–Crippen MR) is 79.4 cm³/mol. The van der Waals surface area contributed by atoms with Gasteiger partial charge in [-0.15, -0.1) is 0 Å². The standard InChI is InChI=1S/C15H17N3O4/c1-21-10-5-9(6-11(7-10)22-2)15(20)18-4-3-12-13(8-18)16-17-14(12)19/h5-7H,3-4,8H2,1-2H3,(H2,16,17,19). The maximum Gasteiger partial charge on any atom is 0.267 e. The van der Waals surface area contributed by atoms with Crippen molar-refractivity contribution in [1.29, 1.82) is 0 Å². The van der Waals surface area contributed by atoms with Crippen LogP contribution < -0.4 is 15.0 Å². The normalized spacial score (nSPS) is 13.6. The first-order valence-electron chi connectivity index (χ1n) is 6.93. The fourth-order valence-corrected chi connectivity index (χ4v) is 2.62. The third-order valence-corrected chi connectivity index (χ3v) is 3.83. The van der Waals surface area contributed by atoms with Gasteiger partial charge in [0.05, 0.1) is 26.5 Å². The molecule has 2 N–H and O–H groups in total. The first-order chi connectivity index (χ1) is 10.6. The second kappa shape index (κ2) is 5.59. The molecule has 2 aromatic rings. The molecule has 0 fully saturated rings.